The third kappa shape index (κ3) is 4.13. The van der Waals surface area contributed by atoms with Gasteiger partial charge < -0.3 is 9.88 Å². The highest BCUT2D eigenvalue weighted by molar-refractivity contribution is 7.89. The van der Waals surface area contributed by atoms with Crippen LogP contribution in [0, 0.1) is 0 Å². The number of carbonyl (C=O) groups excluding carboxylic acids is 1. The largest absolute Gasteiger partial charge is 0.322 e. The number of hydrogen-bond donors (Lipinski definition) is 1. The minimum atomic E-state index is -3.62. The molecule has 8 heteroatoms. The van der Waals surface area contributed by atoms with Crippen LogP contribution in [0.4, 0.5) is 5.69 Å². The third-order valence-electron chi connectivity index (χ3n) is 4.37. The molecular weight excluding hydrogens is 376 g/mol. The number of anilines is 1. The highest BCUT2D eigenvalue weighted by Gasteiger charge is 2.22. The number of nitrogens with zero attached hydrogens (tertiary/aromatic N) is 3. The van der Waals surface area contributed by atoms with Gasteiger partial charge in [-0.15, -0.1) is 0 Å². The molecule has 0 fully saturated rings. The van der Waals surface area contributed by atoms with E-state index < -0.39 is 10.0 Å². The second-order valence-electron chi connectivity index (χ2n) is 6.09. The summed E-state index contributed by atoms with van der Waals surface area (Å²) in [6.07, 6.45) is 5.21. The van der Waals surface area contributed by atoms with Crippen molar-refractivity contribution >= 4 is 21.6 Å². The van der Waals surface area contributed by atoms with Gasteiger partial charge in [0, 0.05) is 42.4 Å². The van der Waals surface area contributed by atoms with E-state index in [1.165, 1.54) is 16.4 Å². The highest BCUT2D eigenvalue weighted by atomic mass is 32.2. The molecule has 28 heavy (non-hydrogen) atoms. The summed E-state index contributed by atoms with van der Waals surface area (Å²) in [5, 5.41) is 2.79. The molecule has 2 aromatic carbocycles. The van der Waals surface area contributed by atoms with Crippen LogP contribution >= 0.6 is 0 Å². The molecule has 1 aromatic heterocycles. The monoisotopic (exact) mass is 398 g/mol. The topological polar surface area (TPSA) is 84.3 Å². The van der Waals surface area contributed by atoms with Crippen LogP contribution in [0.5, 0.6) is 0 Å². The molecule has 3 aromatic rings. The lowest BCUT2D eigenvalue weighted by atomic mass is 10.2. The molecule has 0 aliphatic rings. The second kappa shape index (κ2) is 8.37. The molecular formula is C20H22N4O3S. The Kier molecular flexibility index (Phi) is 5.91. The maximum absolute atomic E-state index is 12.7. The molecule has 0 saturated heterocycles. The summed E-state index contributed by atoms with van der Waals surface area (Å²) in [5.74, 6) is -0.369. The minimum absolute atomic E-state index is 0.110. The van der Waals surface area contributed by atoms with Crippen LogP contribution in [0.1, 0.15) is 24.2 Å². The Balaban J connectivity index is 1.78. The molecule has 0 aliphatic carbocycles. The fraction of sp³-hybridized carbons (Fsp3) is 0.200. The summed E-state index contributed by atoms with van der Waals surface area (Å²) in [7, 11) is -3.62. The van der Waals surface area contributed by atoms with Gasteiger partial charge in [0.15, 0.2) is 0 Å². The molecule has 1 amide bonds. The summed E-state index contributed by atoms with van der Waals surface area (Å²) in [5.41, 5.74) is 1.82. The Bertz CT molecular complexity index is 1040. The van der Waals surface area contributed by atoms with E-state index in [2.05, 4.69) is 10.3 Å². The summed E-state index contributed by atoms with van der Waals surface area (Å²) < 4.78 is 28.5. The molecule has 0 spiro atoms. The van der Waals surface area contributed by atoms with Gasteiger partial charge in [-0.2, -0.15) is 4.31 Å². The molecule has 1 heterocycles. The SMILES string of the molecule is CCN(CC)S(=O)(=O)c1cccc(C(=O)Nc2ccc(-n3ccnc3)cc2)c1. The van der Waals surface area contributed by atoms with Crippen molar-refractivity contribution in [2.75, 3.05) is 18.4 Å². The first-order valence-electron chi connectivity index (χ1n) is 8.95. The van der Waals surface area contributed by atoms with Crippen LogP contribution in [-0.2, 0) is 10.0 Å². The smallest absolute Gasteiger partial charge is 0.255 e. The van der Waals surface area contributed by atoms with E-state index in [9.17, 15) is 13.2 Å². The standard InChI is InChI=1S/C20H22N4O3S/c1-3-24(4-2)28(26,27)19-7-5-6-16(14-19)20(25)22-17-8-10-18(11-9-17)23-13-12-21-15-23/h5-15H,3-4H2,1-2H3,(H,22,25). The number of nitrogens with one attached hydrogen (secondary N) is 1. The summed E-state index contributed by atoms with van der Waals surface area (Å²) in [6, 6.07) is 13.4. The summed E-state index contributed by atoms with van der Waals surface area (Å²) >= 11 is 0. The molecule has 146 valence electrons. The molecule has 0 bridgehead atoms. The first-order chi connectivity index (χ1) is 13.5. The maximum Gasteiger partial charge on any atom is 0.255 e. The van der Waals surface area contributed by atoms with Gasteiger partial charge in [0.25, 0.3) is 5.91 Å². The fourth-order valence-electron chi connectivity index (χ4n) is 2.84. The number of amides is 1. The molecule has 0 atom stereocenters. The Morgan fingerprint density at radius 1 is 1.11 bits per heavy atom. The number of hydrogen-bond acceptors (Lipinski definition) is 4. The fourth-order valence-corrected chi connectivity index (χ4v) is 4.35. The zero-order chi connectivity index (χ0) is 20.1. The Morgan fingerprint density at radius 2 is 1.82 bits per heavy atom. The lowest BCUT2D eigenvalue weighted by Gasteiger charge is -2.18. The average Bonchev–Trinajstić information content (AvgIpc) is 3.24. The van der Waals surface area contributed by atoms with Crippen molar-refractivity contribution in [1.29, 1.82) is 0 Å². The molecule has 0 aliphatic heterocycles. The number of sulfonamides is 1. The normalized spacial score (nSPS) is 11.5. The van der Waals surface area contributed by atoms with Gasteiger partial charge in [-0.3, -0.25) is 4.79 Å². The van der Waals surface area contributed by atoms with Crippen LogP contribution in [-0.4, -0.2) is 41.3 Å². The van der Waals surface area contributed by atoms with Crippen molar-refractivity contribution in [3.63, 3.8) is 0 Å². The third-order valence-corrected chi connectivity index (χ3v) is 6.41. The van der Waals surface area contributed by atoms with Crippen molar-refractivity contribution in [1.82, 2.24) is 13.9 Å². The Hall–Kier alpha value is -2.97. The number of aromatic nitrogens is 2. The molecule has 0 saturated carbocycles. The number of rotatable bonds is 7. The average molecular weight is 398 g/mol. The number of carbonyl (C=O) groups is 1. The number of benzene rings is 2. The zero-order valence-electron chi connectivity index (χ0n) is 15.7. The molecule has 3 rings (SSSR count). The first-order valence-corrected chi connectivity index (χ1v) is 10.4. The van der Waals surface area contributed by atoms with Crippen LogP contribution in [0.25, 0.3) is 5.69 Å². The number of imidazole rings is 1. The van der Waals surface area contributed by atoms with E-state index in [0.29, 0.717) is 18.8 Å². The van der Waals surface area contributed by atoms with Crippen LogP contribution < -0.4 is 5.32 Å². The van der Waals surface area contributed by atoms with E-state index in [1.54, 1.807) is 50.6 Å². The quantitative estimate of drug-likeness (QED) is 0.663. The van der Waals surface area contributed by atoms with Crippen LogP contribution in [0.3, 0.4) is 0 Å². The van der Waals surface area contributed by atoms with E-state index in [4.69, 9.17) is 0 Å². The zero-order valence-corrected chi connectivity index (χ0v) is 16.6. The van der Waals surface area contributed by atoms with Crippen molar-refractivity contribution in [3.05, 3.63) is 72.8 Å². The second-order valence-corrected chi connectivity index (χ2v) is 8.03. The highest BCUT2D eigenvalue weighted by Crippen LogP contribution is 2.19. The minimum Gasteiger partial charge on any atom is -0.322 e. The Labute approximate surface area is 164 Å². The van der Waals surface area contributed by atoms with E-state index >= 15 is 0 Å². The molecule has 0 unspecified atom stereocenters. The van der Waals surface area contributed by atoms with Crippen LogP contribution in [0.15, 0.2) is 72.1 Å². The maximum atomic E-state index is 12.7. The first kappa shape index (κ1) is 19.8. The van der Waals surface area contributed by atoms with Crippen molar-refractivity contribution in [3.8, 4) is 5.69 Å². The molecule has 1 N–H and O–H groups in total. The summed E-state index contributed by atoms with van der Waals surface area (Å²) in [6.45, 7) is 4.31. The van der Waals surface area contributed by atoms with Gasteiger partial charge in [0.05, 0.1) is 11.2 Å². The van der Waals surface area contributed by atoms with Crippen molar-refractivity contribution in [2.24, 2.45) is 0 Å². The molecule has 7 nitrogen and oxygen atoms in total. The predicted molar refractivity (Wildman–Crippen MR) is 108 cm³/mol. The van der Waals surface area contributed by atoms with Gasteiger partial charge in [0.1, 0.15) is 0 Å². The molecule has 0 radical (unpaired) electrons. The lowest BCUT2D eigenvalue weighted by Crippen LogP contribution is -2.30. The Morgan fingerprint density at radius 3 is 2.43 bits per heavy atom. The van der Waals surface area contributed by atoms with Gasteiger partial charge >= 0.3 is 0 Å². The van der Waals surface area contributed by atoms with Gasteiger partial charge in [-0.1, -0.05) is 19.9 Å². The van der Waals surface area contributed by atoms with Gasteiger partial charge in [0.2, 0.25) is 10.0 Å². The van der Waals surface area contributed by atoms with Crippen LogP contribution in [0.2, 0.25) is 0 Å². The van der Waals surface area contributed by atoms with E-state index in [0.717, 1.165) is 5.69 Å². The van der Waals surface area contributed by atoms with Gasteiger partial charge in [-0.05, 0) is 42.5 Å². The van der Waals surface area contributed by atoms with Crippen molar-refractivity contribution in [2.45, 2.75) is 18.7 Å². The van der Waals surface area contributed by atoms with Gasteiger partial charge in [-0.25, -0.2) is 13.4 Å². The predicted octanol–water partition coefficient (Wildman–Crippen LogP) is 3.16. The van der Waals surface area contributed by atoms with Crippen molar-refractivity contribution < 1.29 is 13.2 Å². The van der Waals surface area contributed by atoms with E-state index in [1.807, 2.05) is 22.9 Å². The lowest BCUT2D eigenvalue weighted by molar-refractivity contribution is 0.102. The summed E-state index contributed by atoms with van der Waals surface area (Å²) in [4.78, 5) is 16.7. The van der Waals surface area contributed by atoms with E-state index in [-0.39, 0.29) is 16.4 Å².